The Morgan fingerprint density at radius 3 is 2.76 bits per heavy atom. The second kappa shape index (κ2) is 7.26. The van der Waals surface area contributed by atoms with E-state index < -0.39 is 6.10 Å². The van der Waals surface area contributed by atoms with Crippen molar-refractivity contribution in [3.05, 3.63) is 29.1 Å². The molecule has 1 N–H and O–H groups in total. The average Bonchev–Trinajstić information content (AvgIpc) is 2.67. The lowest BCUT2D eigenvalue weighted by Gasteiger charge is -2.27. The third kappa shape index (κ3) is 3.97. The van der Waals surface area contributed by atoms with Crippen LogP contribution in [-0.4, -0.2) is 18.2 Å². The zero-order chi connectivity index (χ0) is 15.4. The van der Waals surface area contributed by atoms with E-state index in [0.717, 1.165) is 24.7 Å². The third-order valence-electron chi connectivity index (χ3n) is 4.64. The Kier molecular flexibility index (Phi) is 5.63. The zero-order valence-electron chi connectivity index (χ0n) is 13.5. The Morgan fingerprint density at radius 2 is 2.10 bits per heavy atom. The maximum Gasteiger partial charge on any atom is 0.126 e. The lowest BCUT2D eigenvalue weighted by Crippen LogP contribution is -2.26. The number of anilines is 1. The highest BCUT2D eigenvalue weighted by Gasteiger charge is 2.21. The van der Waals surface area contributed by atoms with Crippen LogP contribution in [0.15, 0.2) is 12.1 Å². The molecule has 1 aromatic rings. The molecule has 0 aromatic heterocycles. The first-order valence-corrected chi connectivity index (χ1v) is 8.26. The van der Waals surface area contributed by atoms with Crippen LogP contribution in [0.2, 0.25) is 0 Å². The van der Waals surface area contributed by atoms with Gasteiger partial charge in [0, 0.05) is 24.3 Å². The summed E-state index contributed by atoms with van der Waals surface area (Å²) in [6.07, 6.45) is 5.58. The number of halogens is 1. The van der Waals surface area contributed by atoms with Crippen molar-refractivity contribution < 1.29 is 9.50 Å². The number of aliphatic hydroxyl groups is 1. The van der Waals surface area contributed by atoms with Gasteiger partial charge in [0.25, 0.3) is 0 Å². The van der Waals surface area contributed by atoms with E-state index in [0.29, 0.717) is 11.1 Å². The number of hydrogen-bond acceptors (Lipinski definition) is 2. The van der Waals surface area contributed by atoms with Crippen LogP contribution in [0.25, 0.3) is 0 Å². The molecule has 118 valence electrons. The first kappa shape index (κ1) is 16.3. The smallest absolute Gasteiger partial charge is 0.126 e. The Morgan fingerprint density at radius 1 is 1.33 bits per heavy atom. The topological polar surface area (TPSA) is 23.5 Å². The summed E-state index contributed by atoms with van der Waals surface area (Å²) in [5.74, 6) is 0.588. The van der Waals surface area contributed by atoms with Crippen LogP contribution < -0.4 is 4.90 Å². The minimum Gasteiger partial charge on any atom is -0.389 e. The Balaban J connectivity index is 2.22. The van der Waals surface area contributed by atoms with Crippen LogP contribution >= 0.6 is 0 Å². The predicted molar refractivity (Wildman–Crippen MR) is 86.2 cm³/mol. The second-order valence-electron chi connectivity index (χ2n) is 6.41. The average molecular weight is 293 g/mol. The summed E-state index contributed by atoms with van der Waals surface area (Å²) in [5.41, 5.74) is 2.39. The summed E-state index contributed by atoms with van der Waals surface area (Å²) in [6, 6.07) is 3.40. The molecule has 21 heavy (non-hydrogen) atoms. The van der Waals surface area contributed by atoms with Crippen LogP contribution in [0.1, 0.15) is 63.2 Å². The van der Waals surface area contributed by atoms with E-state index in [4.69, 9.17) is 0 Å². The summed E-state index contributed by atoms with van der Waals surface area (Å²) >= 11 is 0. The van der Waals surface area contributed by atoms with Crippen molar-refractivity contribution in [3.8, 4) is 0 Å². The van der Waals surface area contributed by atoms with Gasteiger partial charge in [0.2, 0.25) is 0 Å². The lowest BCUT2D eigenvalue weighted by atomic mass is 9.96. The summed E-state index contributed by atoms with van der Waals surface area (Å²) in [5, 5.41) is 9.96. The second-order valence-corrected chi connectivity index (χ2v) is 6.41. The summed E-state index contributed by atoms with van der Waals surface area (Å²) in [7, 11) is 0. The zero-order valence-corrected chi connectivity index (χ0v) is 13.5. The molecule has 1 aliphatic heterocycles. The van der Waals surface area contributed by atoms with Gasteiger partial charge in [0.05, 0.1) is 6.10 Å². The van der Waals surface area contributed by atoms with Crippen LogP contribution in [0.3, 0.4) is 0 Å². The lowest BCUT2D eigenvalue weighted by molar-refractivity contribution is 0.199. The molecule has 0 bridgehead atoms. The number of aryl methyl sites for hydroxylation is 1. The molecule has 1 unspecified atom stereocenters. The molecule has 1 heterocycles. The fourth-order valence-corrected chi connectivity index (χ4v) is 3.39. The molecule has 1 aliphatic rings. The first-order valence-electron chi connectivity index (χ1n) is 8.26. The van der Waals surface area contributed by atoms with Crippen molar-refractivity contribution in [2.24, 2.45) is 5.92 Å². The fourth-order valence-electron chi connectivity index (χ4n) is 3.39. The molecule has 1 saturated heterocycles. The largest absolute Gasteiger partial charge is 0.389 e. The van der Waals surface area contributed by atoms with Gasteiger partial charge in [-0.05, 0) is 56.7 Å². The normalized spacial score (nSPS) is 21.2. The predicted octanol–water partition coefficient (Wildman–Crippen LogP) is 4.59. The molecule has 0 aliphatic carbocycles. The minimum absolute atomic E-state index is 0.228. The Bertz CT molecular complexity index is 473. The van der Waals surface area contributed by atoms with Gasteiger partial charge in [-0.1, -0.05) is 19.8 Å². The van der Waals surface area contributed by atoms with Crippen LogP contribution in [-0.2, 0) is 0 Å². The molecule has 2 rings (SSSR count). The highest BCUT2D eigenvalue weighted by Crippen LogP contribution is 2.32. The first-order chi connectivity index (χ1) is 10.0. The van der Waals surface area contributed by atoms with E-state index in [2.05, 4.69) is 11.8 Å². The van der Waals surface area contributed by atoms with E-state index in [9.17, 15) is 9.50 Å². The van der Waals surface area contributed by atoms with Crippen LogP contribution in [0, 0.1) is 18.7 Å². The third-order valence-corrected chi connectivity index (χ3v) is 4.64. The van der Waals surface area contributed by atoms with Gasteiger partial charge in [-0.3, -0.25) is 0 Å². The van der Waals surface area contributed by atoms with Gasteiger partial charge in [-0.15, -0.1) is 0 Å². The molecule has 2 atom stereocenters. The van der Waals surface area contributed by atoms with Crippen molar-refractivity contribution in [1.29, 1.82) is 0 Å². The van der Waals surface area contributed by atoms with E-state index in [1.54, 1.807) is 13.8 Å². The molecule has 0 spiro atoms. The van der Waals surface area contributed by atoms with E-state index in [1.807, 2.05) is 6.07 Å². The molecule has 1 aromatic carbocycles. The van der Waals surface area contributed by atoms with Crippen LogP contribution in [0.4, 0.5) is 10.1 Å². The van der Waals surface area contributed by atoms with Crippen molar-refractivity contribution in [1.82, 2.24) is 0 Å². The number of rotatable bonds is 4. The molecular weight excluding hydrogens is 265 g/mol. The quantitative estimate of drug-likeness (QED) is 0.877. The van der Waals surface area contributed by atoms with Gasteiger partial charge in [0.1, 0.15) is 5.82 Å². The SMILES string of the molecule is CCCC1CCCN(c2cc(C)c(F)cc2[C@@H](C)O)CC1. The number of benzene rings is 1. The standard InChI is InChI=1S/C18H28FNO/c1-4-6-15-7-5-9-20(10-8-15)18-11-13(2)17(19)12-16(18)14(3)21/h11-12,14-15,21H,4-10H2,1-3H3/t14-,15?/m1/s1. The van der Waals surface area contributed by atoms with Gasteiger partial charge < -0.3 is 10.0 Å². The van der Waals surface area contributed by atoms with E-state index >= 15 is 0 Å². The molecule has 0 radical (unpaired) electrons. The maximum atomic E-state index is 13.8. The minimum atomic E-state index is -0.634. The summed E-state index contributed by atoms with van der Waals surface area (Å²) in [4.78, 5) is 2.34. The Labute approximate surface area is 128 Å². The number of aliphatic hydroxyl groups excluding tert-OH is 1. The van der Waals surface area contributed by atoms with Gasteiger partial charge in [-0.2, -0.15) is 0 Å². The highest BCUT2D eigenvalue weighted by molar-refractivity contribution is 5.57. The summed E-state index contributed by atoms with van der Waals surface area (Å²) < 4.78 is 13.8. The highest BCUT2D eigenvalue weighted by atomic mass is 19.1. The fraction of sp³-hybridized carbons (Fsp3) is 0.667. The molecular formula is C18H28FNO. The van der Waals surface area contributed by atoms with Crippen molar-refractivity contribution in [3.63, 3.8) is 0 Å². The van der Waals surface area contributed by atoms with E-state index in [1.165, 1.54) is 38.2 Å². The van der Waals surface area contributed by atoms with Crippen LogP contribution in [0.5, 0.6) is 0 Å². The molecule has 3 heteroatoms. The number of hydrogen-bond donors (Lipinski definition) is 1. The monoisotopic (exact) mass is 293 g/mol. The summed E-state index contributed by atoms with van der Waals surface area (Å²) in [6.45, 7) is 7.77. The van der Waals surface area contributed by atoms with E-state index in [-0.39, 0.29) is 5.82 Å². The molecule has 2 nitrogen and oxygen atoms in total. The molecule has 0 amide bonds. The number of nitrogens with zero attached hydrogens (tertiary/aromatic N) is 1. The molecule has 0 saturated carbocycles. The maximum absolute atomic E-state index is 13.8. The van der Waals surface area contributed by atoms with Crippen molar-refractivity contribution in [2.45, 2.75) is 59.0 Å². The van der Waals surface area contributed by atoms with Gasteiger partial charge >= 0.3 is 0 Å². The van der Waals surface area contributed by atoms with Gasteiger partial charge in [-0.25, -0.2) is 4.39 Å². The van der Waals surface area contributed by atoms with Crippen molar-refractivity contribution in [2.75, 3.05) is 18.0 Å². The van der Waals surface area contributed by atoms with Crippen molar-refractivity contribution >= 4 is 5.69 Å². The molecule has 1 fully saturated rings. The Hall–Kier alpha value is -1.09. The van der Waals surface area contributed by atoms with Gasteiger partial charge in [0.15, 0.2) is 0 Å².